The Morgan fingerprint density at radius 2 is 2.10 bits per heavy atom. The lowest BCUT2D eigenvalue weighted by Crippen LogP contribution is -2.39. The van der Waals surface area contributed by atoms with E-state index in [0.717, 1.165) is 16.7 Å². The van der Waals surface area contributed by atoms with Crippen LogP contribution >= 0.6 is 11.8 Å². The highest BCUT2D eigenvalue weighted by Gasteiger charge is 2.29. The van der Waals surface area contributed by atoms with Gasteiger partial charge in [-0.25, -0.2) is 4.79 Å². The van der Waals surface area contributed by atoms with Crippen LogP contribution in [0, 0.1) is 0 Å². The van der Waals surface area contributed by atoms with Crippen molar-refractivity contribution in [3.05, 3.63) is 24.3 Å². The first kappa shape index (κ1) is 14.2. The van der Waals surface area contributed by atoms with Crippen molar-refractivity contribution in [3.8, 4) is 5.75 Å². The molecule has 0 spiro atoms. The van der Waals surface area contributed by atoms with Gasteiger partial charge in [-0.1, -0.05) is 23.9 Å². The largest absolute Gasteiger partial charge is 0.506 e. The van der Waals surface area contributed by atoms with Crippen LogP contribution in [0.15, 0.2) is 24.3 Å². The van der Waals surface area contributed by atoms with Crippen molar-refractivity contribution >= 4 is 34.6 Å². The second-order valence-corrected chi connectivity index (χ2v) is 4.92. The van der Waals surface area contributed by atoms with E-state index in [2.05, 4.69) is 10.6 Å². The summed E-state index contributed by atoms with van der Waals surface area (Å²) >= 11 is 0.953. The van der Waals surface area contributed by atoms with E-state index in [9.17, 15) is 19.5 Å². The van der Waals surface area contributed by atoms with Crippen molar-refractivity contribution in [2.45, 2.75) is 0 Å². The van der Waals surface area contributed by atoms with Gasteiger partial charge in [-0.15, -0.1) is 0 Å². The van der Waals surface area contributed by atoms with Gasteiger partial charge in [0.1, 0.15) is 5.75 Å². The number of carbonyl (C=O) groups excluding carboxylic acids is 3. The molecule has 106 valence electrons. The van der Waals surface area contributed by atoms with Crippen LogP contribution in [0.25, 0.3) is 0 Å². The summed E-state index contributed by atoms with van der Waals surface area (Å²) < 4.78 is 0. The maximum Gasteiger partial charge on any atom is 0.319 e. The number of phenolic OH excluding ortho intramolecular Hbond substituents is 1. The molecule has 0 bridgehead atoms. The van der Waals surface area contributed by atoms with Crippen molar-refractivity contribution in [1.82, 2.24) is 10.2 Å². The molecule has 1 aliphatic rings. The molecule has 3 N–H and O–H groups in total. The summed E-state index contributed by atoms with van der Waals surface area (Å²) in [5, 5.41) is 14.2. The molecule has 1 saturated heterocycles. The van der Waals surface area contributed by atoms with Gasteiger partial charge >= 0.3 is 6.03 Å². The van der Waals surface area contributed by atoms with Crippen molar-refractivity contribution in [1.29, 1.82) is 0 Å². The van der Waals surface area contributed by atoms with Crippen molar-refractivity contribution in [2.75, 3.05) is 24.2 Å². The summed E-state index contributed by atoms with van der Waals surface area (Å²) in [6.07, 6.45) is 0. The quantitative estimate of drug-likeness (QED) is 0.725. The summed E-state index contributed by atoms with van der Waals surface area (Å²) in [4.78, 5) is 35.3. The average Bonchev–Trinajstić information content (AvgIpc) is 2.73. The number of carbonyl (C=O) groups is 3. The monoisotopic (exact) mass is 295 g/mol. The van der Waals surface area contributed by atoms with Gasteiger partial charge < -0.3 is 15.7 Å². The number of amides is 4. The normalized spacial score (nSPS) is 14.5. The van der Waals surface area contributed by atoms with E-state index in [-0.39, 0.29) is 41.4 Å². The van der Waals surface area contributed by atoms with E-state index in [4.69, 9.17) is 0 Å². The van der Waals surface area contributed by atoms with Crippen molar-refractivity contribution in [2.24, 2.45) is 0 Å². The number of benzene rings is 1. The Kier molecular flexibility index (Phi) is 4.46. The maximum atomic E-state index is 11.6. The number of phenols is 1. The number of hydrogen-bond acceptors (Lipinski definition) is 5. The van der Waals surface area contributed by atoms with Gasteiger partial charge in [0.05, 0.1) is 11.4 Å². The van der Waals surface area contributed by atoms with E-state index >= 15 is 0 Å². The molecule has 2 rings (SSSR count). The molecule has 1 aromatic carbocycles. The SMILES string of the molecule is O=C(NCCN1C(=O)CSC1=O)Nc1ccccc1O. The number of nitrogens with zero attached hydrogens (tertiary/aromatic N) is 1. The Hall–Kier alpha value is -2.22. The second-order valence-electron chi connectivity index (χ2n) is 4.00. The van der Waals surface area contributed by atoms with E-state index in [0.29, 0.717) is 0 Å². The lowest BCUT2D eigenvalue weighted by atomic mass is 10.3. The Bertz CT molecular complexity index is 533. The van der Waals surface area contributed by atoms with E-state index < -0.39 is 6.03 Å². The molecule has 20 heavy (non-hydrogen) atoms. The van der Waals surface area contributed by atoms with E-state index in [1.165, 1.54) is 6.07 Å². The van der Waals surface area contributed by atoms with Crippen LogP contribution in [0.2, 0.25) is 0 Å². The fraction of sp³-hybridized carbons (Fsp3) is 0.250. The third-order valence-electron chi connectivity index (χ3n) is 2.61. The summed E-state index contributed by atoms with van der Waals surface area (Å²) in [7, 11) is 0. The first-order valence-electron chi connectivity index (χ1n) is 5.88. The van der Waals surface area contributed by atoms with Gasteiger partial charge in [0.15, 0.2) is 0 Å². The number of thioether (sulfide) groups is 1. The molecule has 1 fully saturated rings. The van der Waals surface area contributed by atoms with Crippen LogP contribution in [0.5, 0.6) is 5.75 Å². The Labute approximate surface area is 119 Å². The summed E-state index contributed by atoms with van der Waals surface area (Å²) in [5.74, 6) is -0.130. The first-order valence-corrected chi connectivity index (χ1v) is 6.86. The van der Waals surface area contributed by atoms with Crippen molar-refractivity contribution in [3.63, 3.8) is 0 Å². The van der Waals surface area contributed by atoms with Crippen molar-refractivity contribution < 1.29 is 19.5 Å². The summed E-state index contributed by atoms with van der Waals surface area (Å²) in [6, 6.07) is 5.81. The predicted octanol–water partition coefficient (Wildman–Crippen LogP) is 1.21. The number of nitrogens with one attached hydrogen (secondary N) is 2. The molecule has 0 saturated carbocycles. The molecule has 1 aliphatic heterocycles. The minimum Gasteiger partial charge on any atom is -0.506 e. The molecule has 7 nitrogen and oxygen atoms in total. The number of imide groups is 1. The van der Waals surface area contributed by atoms with Gasteiger partial charge in [0.25, 0.3) is 5.24 Å². The minimum absolute atomic E-state index is 0.0380. The highest BCUT2D eigenvalue weighted by molar-refractivity contribution is 8.14. The lowest BCUT2D eigenvalue weighted by Gasteiger charge is -2.13. The van der Waals surface area contributed by atoms with Gasteiger partial charge in [-0.3, -0.25) is 14.5 Å². The molecular formula is C12H13N3O4S. The molecule has 8 heteroatoms. The molecule has 0 aromatic heterocycles. The first-order chi connectivity index (χ1) is 9.58. The highest BCUT2D eigenvalue weighted by atomic mass is 32.2. The van der Waals surface area contributed by atoms with Crippen LogP contribution in [0.1, 0.15) is 0 Å². The number of para-hydroxylation sites is 2. The van der Waals surface area contributed by atoms with E-state index in [1.807, 2.05) is 0 Å². The zero-order valence-electron chi connectivity index (χ0n) is 10.5. The van der Waals surface area contributed by atoms with E-state index in [1.54, 1.807) is 18.2 Å². The van der Waals surface area contributed by atoms with Crippen LogP contribution < -0.4 is 10.6 Å². The molecule has 1 heterocycles. The number of hydrogen-bond donors (Lipinski definition) is 3. The summed E-state index contributed by atoms with van der Waals surface area (Å²) in [5.41, 5.74) is 0.286. The number of urea groups is 1. The topological polar surface area (TPSA) is 98.7 Å². The van der Waals surface area contributed by atoms with Crippen LogP contribution in [0.4, 0.5) is 15.3 Å². The van der Waals surface area contributed by atoms with Gasteiger partial charge in [0.2, 0.25) is 5.91 Å². The van der Waals surface area contributed by atoms with Gasteiger partial charge in [-0.2, -0.15) is 0 Å². The third kappa shape index (κ3) is 3.41. The van der Waals surface area contributed by atoms with Crippen LogP contribution in [-0.4, -0.2) is 46.0 Å². The molecule has 4 amide bonds. The standard InChI is InChI=1S/C12H13N3O4S/c16-9-4-2-1-3-8(9)14-11(18)13-5-6-15-10(17)7-20-12(15)19/h1-4,16H,5-7H2,(H2,13,14,18). The summed E-state index contributed by atoms with van der Waals surface area (Å²) in [6.45, 7) is 0.288. The highest BCUT2D eigenvalue weighted by Crippen LogP contribution is 2.21. The smallest absolute Gasteiger partial charge is 0.319 e. The maximum absolute atomic E-state index is 11.6. The zero-order chi connectivity index (χ0) is 14.5. The Morgan fingerprint density at radius 3 is 2.75 bits per heavy atom. The van der Waals surface area contributed by atoms with Gasteiger partial charge in [-0.05, 0) is 12.1 Å². The molecule has 0 aliphatic carbocycles. The lowest BCUT2D eigenvalue weighted by molar-refractivity contribution is -0.124. The number of aromatic hydroxyl groups is 1. The van der Waals surface area contributed by atoms with Crippen LogP contribution in [0.3, 0.4) is 0 Å². The number of rotatable bonds is 4. The molecular weight excluding hydrogens is 282 g/mol. The number of anilines is 1. The Balaban J connectivity index is 1.77. The fourth-order valence-electron chi connectivity index (χ4n) is 1.62. The molecule has 0 atom stereocenters. The molecule has 1 aromatic rings. The molecule has 0 unspecified atom stereocenters. The molecule has 0 radical (unpaired) electrons. The zero-order valence-corrected chi connectivity index (χ0v) is 11.3. The Morgan fingerprint density at radius 1 is 1.35 bits per heavy atom. The fourth-order valence-corrected chi connectivity index (χ4v) is 2.38. The third-order valence-corrected chi connectivity index (χ3v) is 3.47. The predicted molar refractivity (Wildman–Crippen MR) is 74.7 cm³/mol. The van der Waals surface area contributed by atoms with Gasteiger partial charge in [0, 0.05) is 13.1 Å². The average molecular weight is 295 g/mol. The van der Waals surface area contributed by atoms with Crippen LogP contribution in [-0.2, 0) is 4.79 Å². The minimum atomic E-state index is -0.516. The second kappa shape index (κ2) is 6.29.